The third-order valence-corrected chi connectivity index (χ3v) is 4.45. The van der Waals surface area contributed by atoms with Gasteiger partial charge in [0.2, 0.25) is 0 Å². The second-order valence-corrected chi connectivity index (χ2v) is 6.12. The van der Waals surface area contributed by atoms with Crippen LogP contribution in [0.3, 0.4) is 0 Å². The lowest BCUT2D eigenvalue weighted by Crippen LogP contribution is -2.29. The molecule has 2 fully saturated rings. The highest BCUT2D eigenvalue weighted by Gasteiger charge is 2.29. The van der Waals surface area contributed by atoms with Crippen molar-refractivity contribution < 1.29 is 4.39 Å². The molecule has 1 N–H and O–H groups in total. The molecule has 2 aliphatic rings. The Labute approximate surface area is 123 Å². The maximum atomic E-state index is 14.0. The van der Waals surface area contributed by atoms with Gasteiger partial charge in [-0.2, -0.15) is 0 Å². The quantitative estimate of drug-likeness (QED) is 0.941. The Morgan fingerprint density at radius 1 is 1.24 bits per heavy atom. The van der Waals surface area contributed by atoms with Crippen LogP contribution in [0.15, 0.2) is 18.2 Å². The molecule has 112 valence electrons. The van der Waals surface area contributed by atoms with Crippen LogP contribution in [0.4, 0.5) is 4.39 Å². The Bertz CT molecular complexity index is 639. The van der Waals surface area contributed by atoms with Gasteiger partial charge in [0.05, 0.1) is 12.1 Å². The molecule has 1 aliphatic carbocycles. The Morgan fingerprint density at radius 2 is 2.14 bits per heavy atom. The zero-order chi connectivity index (χ0) is 14.2. The Kier molecular flexibility index (Phi) is 3.39. The van der Waals surface area contributed by atoms with Gasteiger partial charge in [-0.05, 0) is 44.5 Å². The average Bonchev–Trinajstić information content (AvgIpc) is 3.27. The summed E-state index contributed by atoms with van der Waals surface area (Å²) in [4.78, 5) is 7.05. The molecule has 0 unspecified atom stereocenters. The number of nitrogens with one attached hydrogen (secondary N) is 1. The highest BCUT2D eigenvalue weighted by atomic mass is 19.1. The molecule has 0 bridgehead atoms. The maximum absolute atomic E-state index is 14.0. The van der Waals surface area contributed by atoms with E-state index in [2.05, 4.69) is 19.8 Å². The van der Waals surface area contributed by atoms with E-state index < -0.39 is 0 Å². The summed E-state index contributed by atoms with van der Waals surface area (Å²) in [5.74, 6) is 0.824. The molecule has 4 rings (SSSR count). The molecule has 21 heavy (non-hydrogen) atoms. The van der Waals surface area contributed by atoms with Crippen molar-refractivity contribution in [2.24, 2.45) is 0 Å². The average molecular weight is 288 g/mol. The minimum Gasteiger partial charge on any atom is -0.324 e. The van der Waals surface area contributed by atoms with Crippen LogP contribution in [0.2, 0.25) is 0 Å². The molecule has 0 spiro atoms. The van der Waals surface area contributed by atoms with E-state index in [1.165, 1.54) is 18.9 Å². The SMILES string of the molecule is Fc1cccc2c1nc(CN1CCCNCC1)n2C1CC1. The van der Waals surface area contributed by atoms with Crippen LogP contribution in [0.25, 0.3) is 11.0 Å². The molecule has 0 amide bonds. The first-order valence-electron chi connectivity index (χ1n) is 7.91. The van der Waals surface area contributed by atoms with Gasteiger partial charge >= 0.3 is 0 Å². The van der Waals surface area contributed by atoms with E-state index in [4.69, 9.17) is 0 Å². The van der Waals surface area contributed by atoms with Crippen LogP contribution >= 0.6 is 0 Å². The number of aromatic nitrogens is 2. The van der Waals surface area contributed by atoms with Gasteiger partial charge in [-0.1, -0.05) is 6.07 Å². The molecular formula is C16H21FN4. The lowest BCUT2D eigenvalue weighted by Gasteiger charge is -2.19. The molecule has 0 radical (unpaired) electrons. The molecule has 1 aromatic heterocycles. The molecule has 1 saturated carbocycles. The molecule has 4 nitrogen and oxygen atoms in total. The number of rotatable bonds is 3. The van der Waals surface area contributed by atoms with E-state index in [-0.39, 0.29) is 5.82 Å². The van der Waals surface area contributed by atoms with Crippen molar-refractivity contribution in [3.63, 3.8) is 0 Å². The lowest BCUT2D eigenvalue weighted by atomic mass is 10.3. The fraction of sp³-hybridized carbons (Fsp3) is 0.562. The van der Waals surface area contributed by atoms with E-state index in [1.54, 1.807) is 6.07 Å². The highest BCUT2D eigenvalue weighted by molar-refractivity contribution is 5.77. The lowest BCUT2D eigenvalue weighted by molar-refractivity contribution is 0.273. The topological polar surface area (TPSA) is 33.1 Å². The van der Waals surface area contributed by atoms with Crippen LogP contribution < -0.4 is 5.32 Å². The van der Waals surface area contributed by atoms with E-state index >= 15 is 0 Å². The molecule has 0 atom stereocenters. The predicted octanol–water partition coefficient (Wildman–Crippen LogP) is 2.31. The Morgan fingerprint density at radius 3 is 3.00 bits per heavy atom. The summed E-state index contributed by atoms with van der Waals surface area (Å²) >= 11 is 0. The summed E-state index contributed by atoms with van der Waals surface area (Å²) in [6.07, 6.45) is 3.55. The summed E-state index contributed by atoms with van der Waals surface area (Å²) in [5, 5.41) is 3.42. The van der Waals surface area contributed by atoms with E-state index in [9.17, 15) is 4.39 Å². The summed E-state index contributed by atoms with van der Waals surface area (Å²) in [7, 11) is 0. The van der Waals surface area contributed by atoms with Crippen molar-refractivity contribution >= 4 is 11.0 Å². The molecular weight excluding hydrogens is 267 g/mol. The normalized spacial score (nSPS) is 20.8. The number of fused-ring (bicyclic) bond motifs is 1. The zero-order valence-electron chi connectivity index (χ0n) is 12.2. The maximum Gasteiger partial charge on any atom is 0.151 e. The first-order chi connectivity index (χ1) is 10.3. The molecule has 2 heterocycles. The van der Waals surface area contributed by atoms with Gasteiger partial charge in [0.25, 0.3) is 0 Å². The van der Waals surface area contributed by atoms with Crippen LogP contribution in [-0.2, 0) is 6.54 Å². The number of para-hydroxylation sites is 1. The minimum atomic E-state index is -0.203. The minimum absolute atomic E-state index is 0.203. The standard InChI is InChI=1S/C16H21FN4/c17-13-3-1-4-14-16(13)19-15(21(14)12-5-6-12)11-20-9-2-7-18-8-10-20/h1,3-4,12,18H,2,5-11H2. The first kappa shape index (κ1) is 13.2. The smallest absolute Gasteiger partial charge is 0.151 e. The van der Waals surface area contributed by atoms with Gasteiger partial charge in [0.15, 0.2) is 5.82 Å². The van der Waals surface area contributed by atoms with Crippen molar-refractivity contribution in [3.05, 3.63) is 29.8 Å². The van der Waals surface area contributed by atoms with Gasteiger partial charge < -0.3 is 9.88 Å². The largest absolute Gasteiger partial charge is 0.324 e. The third kappa shape index (κ3) is 2.56. The zero-order valence-corrected chi connectivity index (χ0v) is 12.2. The van der Waals surface area contributed by atoms with Crippen molar-refractivity contribution in [1.29, 1.82) is 0 Å². The third-order valence-electron chi connectivity index (χ3n) is 4.45. The molecule has 5 heteroatoms. The number of nitrogens with zero attached hydrogens (tertiary/aromatic N) is 3. The van der Waals surface area contributed by atoms with Gasteiger partial charge in [-0.3, -0.25) is 4.90 Å². The van der Waals surface area contributed by atoms with Crippen molar-refractivity contribution in [1.82, 2.24) is 19.8 Å². The number of benzene rings is 1. The number of halogens is 1. The predicted molar refractivity (Wildman–Crippen MR) is 80.7 cm³/mol. The number of hydrogen-bond donors (Lipinski definition) is 1. The van der Waals surface area contributed by atoms with E-state index in [0.29, 0.717) is 11.6 Å². The van der Waals surface area contributed by atoms with Gasteiger partial charge in [-0.25, -0.2) is 9.37 Å². The van der Waals surface area contributed by atoms with Gasteiger partial charge in [0.1, 0.15) is 11.3 Å². The van der Waals surface area contributed by atoms with Crippen molar-refractivity contribution in [3.8, 4) is 0 Å². The highest BCUT2D eigenvalue weighted by Crippen LogP contribution is 2.39. The molecule has 1 aliphatic heterocycles. The second kappa shape index (κ2) is 5.39. The van der Waals surface area contributed by atoms with E-state index in [1.807, 2.05) is 6.07 Å². The second-order valence-electron chi connectivity index (χ2n) is 6.12. The van der Waals surface area contributed by atoms with Crippen LogP contribution in [-0.4, -0.2) is 40.6 Å². The fourth-order valence-electron chi connectivity index (χ4n) is 3.24. The Balaban J connectivity index is 1.70. The first-order valence-corrected chi connectivity index (χ1v) is 7.91. The molecule has 1 saturated heterocycles. The Hall–Kier alpha value is -1.46. The molecule has 1 aromatic carbocycles. The van der Waals surface area contributed by atoms with Crippen molar-refractivity contribution in [2.75, 3.05) is 26.2 Å². The number of imidazole rings is 1. The summed E-state index contributed by atoms with van der Waals surface area (Å²) in [6, 6.07) is 5.82. The summed E-state index contributed by atoms with van der Waals surface area (Å²) < 4.78 is 16.3. The summed E-state index contributed by atoms with van der Waals surface area (Å²) in [6.45, 7) is 5.06. The van der Waals surface area contributed by atoms with Crippen LogP contribution in [0, 0.1) is 5.82 Å². The monoisotopic (exact) mass is 288 g/mol. The molecule has 2 aromatic rings. The van der Waals surface area contributed by atoms with Crippen molar-refractivity contribution in [2.45, 2.75) is 31.8 Å². The van der Waals surface area contributed by atoms with Crippen LogP contribution in [0.1, 0.15) is 31.1 Å². The fourth-order valence-corrected chi connectivity index (χ4v) is 3.24. The summed E-state index contributed by atoms with van der Waals surface area (Å²) in [5.41, 5.74) is 1.49. The van der Waals surface area contributed by atoms with Gasteiger partial charge in [-0.15, -0.1) is 0 Å². The van der Waals surface area contributed by atoms with E-state index in [0.717, 1.165) is 50.5 Å². The number of hydrogen-bond acceptors (Lipinski definition) is 3. The van der Waals surface area contributed by atoms with Crippen LogP contribution in [0.5, 0.6) is 0 Å². The van der Waals surface area contributed by atoms with Gasteiger partial charge in [0, 0.05) is 19.1 Å².